The van der Waals surface area contributed by atoms with Gasteiger partial charge in [-0.15, -0.1) is 12.4 Å². The summed E-state index contributed by atoms with van der Waals surface area (Å²) in [6.45, 7) is 1.88. The summed E-state index contributed by atoms with van der Waals surface area (Å²) in [5.74, 6) is -0.0559. The molecular formula is C27H33ClN4O3. The van der Waals surface area contributed by atoms with Gasteiger partial charge in [0, 0.05) is 24.7 Å². The SMILES string of the molecule is CN1C2CCCC1CC(NC(=O)c1cccc3oc(N4CCOCC4c4ccccc4)nc13)C2.Cl. The van der Waals surface area contributed by atoms with Gasteiger partial charge in [0.2, 0.25) is 0 Å². The lowest BCUT2D eigenvalue weighted by molar-refractivity contribution is 0.0463. The van der Waals surface area contributed by atoms with Crippen molar-refractivity contribution in [1.29, 1.82) is 0 Å². The number of nitrogens with zero attached hydrogens (tertiary/aromatic N) is 3. The molecule has 186 valence electrons. The molecule has 0 aliphatic carbocycles. The summed E-state index contributed by atoms with van der Waals surface area (Å²) in [5, 5.41) is 3.32. The van der Waals surface area contributed by atoms with E-state index >= 15 is 0 Å². The van der Waals surface area contributed by atoms with E-state index in [0.717, 1.165) is 18.4 Å². The van der Waals surface area contributed by atoms with Gasteiger partial charge in [0.25, 0.3) is 11.9 Å². The summed E-state index contributed by atoms with van der Waals surface area (Å²) in [6.07, 6.45) is 5.79. The smallest absolute Gasteiger partial charge is 0.299 e. The fraction of sp³-hybridized carbons (Fsp3) is 0.481. The molecule has 4 heterocycles. The molecule has 1 amide bonds. The number of oxazole rings is 1. The molecule has 0 saturated carbocycles. The Kier molecular flexibility index (Phi) is 7.00. The van der Waals surface area contributed by atoms with Crippen LogP contribution in [0.3, 0.4) is 0 Å². The number of hydrogen-bond acceptors (Lipinski definition) is 6. The van der Waals surface area contributed by atoms with Crippen LogP contribution < -0.4 is 10.2 Å². The van der Waals surface area contributed by atoms with E-state index in [1.807, 2.05) is 36.4 Å². The normalized spacial score (nSPS) is 26.8. The van der Waals surface area contributed by atoms with Crippen molar-refractivity contribution in [2.45, 2.75) is 56.3 Å². The van der Waals surface area contributed by atoms with Crippen molar-refractivity contribution in [3.8, 4) is 0 Å². The molecule has 2 bridgehead atoms. The van der Waals surface area contributed by atoms with Crippen molar-refractivity contribution in [3.05, 3.63) is 59.7 Å². The van der Waals surface area contributed by atoms with Crippen LogP contribution in [0.4, 0.5) is 6.01 Å². The molecule has 1 N–H and O–H groups in total. The highest BCUT2D eigenvalue weighted by Crippen LogP contribution is 2.34. The first-order valence-electron chi connectivity index (χ1n) is 12.5. The highest BCUT2D eigenvalue weighted by Gasteiger charge is 2.37. The Balaban J connectivity index is 0.00000253. The number of nitrogens with one attached hydrogen (secondary N) is 1. The Bertz CT molecular complexity index is 1160. The van der Waals surface area contributed by atoms with Gasteiger partial charge in [0.1, 0.15) is 5.52 Å². The van der Waals surface area contributed by atoms with Crippen LogP contribution in [0.1, 0.15) is 54.1 Å². The molecule has 3 fully saturated rings. The van der Waals surface area contributed by atoms with Crippen LogP contribution in [0.5, 0.6) is 0 Å². The summed E-state index contributed by atoms with van der Waals surface area (Å²) >= 11 is 0. The predicted molar refractivity (Wildman–Crippen MR) is 138 cm³/mol. The van der Waals surface area contributed by atoms with E-state index in [2.05, 4.69) is 34.3 Å². The quantitative estimate of drug-likeness (QED) is 0.570. The molecule has 35 heavy (non-hydrogen) atoms. The van der Waals surface area contributed by atoms with Gasteiger partial charge in [-0.25, -0.2) is 0 Å². The highest BCUT2D eigenvalue weighted by atomic mass is 35.5. The van der Waals surface area contributed by atoms with Gasteiger partial charge in [0.15, 0.2) is 5.58 Å². The number of halogens is 1. The number of carbonyl (C=O) groups is 1. The van der Waals surface area contributed by atoms with Crippen molar-refractivity contribution < 1.29 is 13.9 Å². The third-order valence-corrected chi connectivity index (χ3v) is 7.89. The third kappa shape index (κ3) is 4.65. The first-order valence-corrected chi connectivity index (χ1v) is 12.5. The van der Waals surface area contributed by atoms with Crippen LogP contribution in [0.25, 0.3) is 11.1 Å². The van der Waals surface area contributed by atoms with Crippen molar-refractivity contribution in [3.63, 3.8) is 0 Å². The molecule has 1 aromatic heterocycles. The maximum Gasteiger partial charge on any atom is 0.299 e. The van der Waals surface area contributed by atoms with Crippen molar-refractivity contribution in [2.24, 2.45) is 0 Å². The molecule has 3 aliphatic rings. The average Bonchev–Trinajstić information content (AvgIpc) is 3.29. The molecule has 0 spiro atoms. The minimum atomic E-state index is -0.0559. The minimum absolute atomic E-state index is 0. The molecule has 8 heteroatoms. The highest BCUT2D eigenvalue weighted by molar-refractivity contribution is 6.04. The summed E-state index contributed by atoms with van der Waals surface area (Å²) in [7, 11) is 2.23. The molecule has 3 unspecified atom stereocenters. The molecule has 3 atom stereocenters. The first-order chi connectivity index (χ1) is 16.7. The van der Waals surface area contributed by atoms with E-state index in [1.165, 1.54) is 19.3 Å². The molecule has 0 radical (unpaired) electrons. The van der Waals surface area contributed by atoms with Crippen molar-refractivity contribution >= 4 is 35.4 Å². The van der Waals surface area contributed by atoms with Crippen LogP contribution in [-0.4, -0.2) is 60.7 Å². The number of aromatic nitrogens is 1. The second-order valence-corrected chi connectivity index (χ2v) is 9.89. The standard InChI is InChI=1S/C27H32N4O3.ClH/c1-30-20-9-5-10-21(30)16-19(15-20)28-26(32)22-11-6-12-24-25(22)29-27(34-24)31-13-14-33-17-23(31)18-7-3-2-4-8-18;/h2-4,6-8,11-12,19-21,23H,5,9-10,13-17H2,1H3,(H,28,32);1H. The van der Waals surface area contributed by atoms with Crippen LogP contribution in [0, 0.1) is 0 Å². The largest absolute Gasteiger partial charge is 0.423 e. The lowest BCUT2D eigenvalue weighted by atomic mass is 9.82. The fourth-order valence-electron chi connectivity index (χ4n) is 6.02. The van der Waals surface area contributed by atoms with Crippen molar-refractivity contribution in [2.75, 3.05) is 31.7 Å². The number of fused-ring (bicyclic) bond motifs is 3. The Morgan fingerprint density at radius 2 is 1.83 bits per heavy atom. The number of benzene rings is 2. The maximum absolute atomic E-state index is 13.4. The third-order valence-electron chi connectivity index (χ3n) is 7.89. The van der Waals surface area contributed by atoms with E-state index in [0.29, 0.717) is 54.5 Å². The number of piperidine rings is 2. The average molecular weight is 497 g/mol. The number of carbonyl (C=O) groups excluding carboxylic acids is 1. The van der Waals surface area contributed by atoms with E-state index in [-0.39, 0.29) is 30.4 Å². The zero-order valence-corrected chi connectivity index (χ0v) is 20.9. The van der Waals surface area contributed by atoms with Crippen LogP contribution in [0.2, 0.25) is 0 Å². The van der Waals surface area contributed by atoms with Crippen LogP contribution in [-0.2, 0) is 4.74 Å². The second-order valence-electron chi connectivity index (χ2n) is 9.89. The maximum atomic E-state index is 13.4. The molecule has 6 rings (SSSR count). The monoisotopic (exact) mass is 496 g/mol. The summed E-state index contributed by atoms with van der Waals surface area (Å²) < 4.78 is 12.0. The van der Waals surface area contributed by atoms with Gasteiger partial charge in [-0.05, 0) is 50.4 Å². The van der Waals surface area contributed by atoms with Gasteiger partial charge < -0.3 is 24.3 Å². The number of amides is 1. The van der Waals surface area contributed by atoms with E-state index in [1.54, 1.807) is 0 Å². The number of anilines is 1. The topological polar surface area (TPSA) is 70.8 Å². The molecular weight excluding hydrogens is 464 g/mol. The lowest BCUT2D eigenvalue weighted by Crippen LogP contribution is -2.55. The van der Waals surface area contributed by atoms with Crippen LogP contribution >= 0.6 is 12.4 Å². The Labute approximate surface area is 212 Å². The van der Waals surface area contributed by atoms with Crippen molar-refractivity contribution in [1.82, 2.24) is 15.2 Å². The Hall–Kier alpha value is -2.61. The lowest BCUT2D eigenvalue weighted by Gasteiger charge is -2.47. The molecule has 3 saturated heterocycles. The number of morpholine rings is 1. The van der Waals surface area contributed by atoms with Gasteiger partial charge >= 0.3 is 0 Å². The zero-order chi connectivity index (χ0) is 23.1. The zero-order valence-electron chi connectivity index (χ0n) is 20.1. The summed E-state index contributed by atoms with van der Waals surface area (Å²) in [5.41, 5.74) is 3.01. The molecule has 3 aliphatic heterocycles. The summed E-state index contributed by atoms with van der Waals surface area (Å²) in [4.78, 5) is 22.9. The van der Waals surface area contributed by atoms with Gasteiger partial charge in [-0.1, -0.05) is 42.8 Å². The number of rotatable bonds is 4. The van der Waals surface area contributed by atoms with Gasteiger partial charge in [-0.2, -0.15) is 4.98 Å². The number of para-hydroxylation sites is 1. The predicted octanol–water partition coefficient (Wildman–Crippen LogP) is 4.57. The van der Waals surface area contributed by atoms with E-state index < -0.39 is 0 Å². The molecule has 7 nitrogen and oxygen atoms in total. The van der Waals surface area contributed by atoms with Crippen LogP contribution in [0.15, 0.2) is 52.9 Å². The van der Waals surface area contributed by atoms with Gasteiger partial charge in [-0.3, -0.25) is 4.79 Å². The van der Waals surface area contributed by atoms with E-state index in [9.17, 15) is 4.79 Å². The number of hydrogen-bond donors (Lipinski definition) is 1. The summed E-state index contributed by atoms with van der Waals surface area (Å²) in [6, 6.07) is 17.8. The van der Waals surface area contributed by atoms with E-state index in [4.69, 9.17) is 14.1 Å². The number of ether oxygens (including phenoxy) is 1. The molecule has 2 aromatic carbocycles. The molecule has 3 aromatic rings. The Morgan fingerprint density at radius 1 is 1.06 bits per heavy atom. The Morgan fingerprint density at radius 3 is 2.60 bits per heavy atom. The van der Waals surface area contributed by atoms with Gasteiger partial charge in [0.05, 0.1) is 24.8 Å². The fourth-order valence-corrected chi connectivity index (χ4v) is 6.02. The second kappa shape index (κ2) is 10.2. The minimum Gasteiger partial charge on any atom is -0.423 e. The first kappa shape index (κ1) is 24.1.